The van der Waals surface area contributed by atoms with Crippen LogP contribution in [-0.2, 0) is 0 Å². The van der Waals surface area contributed by atoms with Crippen LogP contribution in [0.4, 0.5) is 13.2 Å². The zero-order valence-corrected chi connectivity index (χ0v) is 13.4. The van der Waals surface area contributed by atoms with Crippen LogP contribution in [0.3, 0.4) is 0 Å². The number of ether oxygens (including phenoxy) is 1. The summed E-state index contributed by atoms with van der Waals surface area (Å²) in [6.07, 6.45) is 0. The van der Waals surface area contributed by atoms with Gasteiger partial charge in [-0.2, -0.15) is 0 Å². The van der Waals surface area contributed by atoms with E-state index in [1.54, 1.807) is 0 Å². The van der Waals surface area contributed by atoms with E-state index in [0.717, 1.165) is 6.07 Å². The Morgan fingerprint density at radius 1 is 1.04 bits per heavy atom. The van der Waals surface area contributed by atoms with Gasteiger partial charge < -0.3 is 10.1 Å². The Bertz CT molecular complexity index is 715. The Hall–Kier alpha value is -2.50. The van der Waals surface area contributed by atoms with Crippen LogP contribution in [0.5, 0.6) is 5.75 Å². The molecule has 0 aromatic heterocycles. The average molecular weight is 337 g/mol. The molecule has 0 atom stereocenters. The molecule has 6 heteroatoms. The minimum absolute atomic E-state index is 0.100. The molecule has 0 fully saturated rings. The molecule has 0 heterocycles. The summed E-state index contributed by atoms with van der Waals surface area (Å²) >= 11 is 0. The van der Waals surface area contributed by atoms with Gasteiger partial charge in [0.05, 0.1) is 12.1 Å². The van der Waals surface area contributed by atoms with E-state index >= 15 is 0 Å². The van der Waals surface area contributed by atoms with Crippen molar-refractivity contribution in [1.82, 2.24) is 5.32 Å². The number of carbonyl (C=O) groups is 1. The number of amides is 1. The van der Waals surface area contributed by atoms with E-state index < -0.39 is 28.9 Å². The van der Waals surface area contributed by atoms with Gasteiger partial charge in [-0.1, -0.05) is 26.0 Å². The molecule has 0 bridgehead atoms. The van der Waals surface area contributed by atoms with E-state index in [1.807, 2.05) is 24.3 Å². The average Bonchev–Trinajstić information content (AvgIpc) is 2.57. The Labute approximate surface area is 138 Å². The number of carbonyl (C=O) groups excluding carboxylic acids is 1. The van der Waals surface area contributed by atoms with Crippen molar-refractivity contribution >= 4 is 5.91 Å². The van der Waals surface area contributed by atoms with Gasteiger partial charge in [-0.05, 0) is 35.7 Å². The van der Waals surface area contributed by atoms with Crippen LogP contribution < -0.4 is 10.1 Å². The molecule has 0 saturated heterocycles. The maximum absolute atomic E-state index is 13.5. The van der Waals surface area contributed by atoms with E-state index in [-0.39, 0.29) is 13.2 Å². The summed E-state index contributed by atoms with van der Waals surface area (Å²) < 4.78 is 44.9. The molecule has 0 saturated carbocycles. The lowest BCUT2D eigenvalue weighted by Crippen LogP contribution is -2.29. The third-order valence-electron chi connectivity index (χ3n) is 3.48. The molecule has 2 aromatic rings. The molecular weight excluding hydrogens is 319 g/mol. The Morgan fingerprint density at radius 3 is 2.33 bits per heavy atom. The lowest BCUT2D eigenvalue weighted by molar-refractivity contribution is 0.0941. The van der Waals surface area contributed by atoms with Gasteiger partial charge in [0.15, 0.2) is 17.5 Å². The molecule has 1 amide bonds. The van der Waals surface area contributed by atoms with Gasteiger partial charge in [0.1, 0.15) is 12.4 Å². The Morgan fingerprint density at radius 2 is 1.71 bits per heavy atom. The van der Waals surface area contributed by atoms with Gasteiger partial charge in [-0.15, -0.1) is 0 Å². The molecule has 128 valence electrons. The first-order valence-electron chi connectivity index (χ1n) is 7.54. The largest absolute Gasteiger partial charge is 0.492 e. The predicted molar refractivity (Wildman–Crippen MR) is 84.7 cm³/mol. The highest BCUT2D eigenvalue weighted by atomic mass is 19.2. The van der Waals surface area contributed by atoms with Crippen LogP contribution in [0, 0.1) is 17.5 Å². The minimum atomic E-state index is -1.66. The second kappa shape index (κ2) is 7.86. The predicted octanol–water partition coefficient (Wildman–Crippen LogP) is 4.04. The van der Waals surface area contributed by atoms with Crippen molar-refractivity contribution in [2.75, 3.05) is 13.2 Å². The quantitative estimate of drug-likeness (QED) is 0.638. The SMILES string of the molecule is CC(C)c1ccc(OCCNC(=O)c2ccc(F)c(F)c2F)cc1. The van der Waals surface area contributed by atoms with Gasteiger partial charge in [0, 0.05) is 0 Å². The van der Waals surface area contributed by atoms with Gasteiger partial charge in [0.25, 0.3) is 5.91 Å². The monoisotopic (exact) mass is 337 g/mol. The molecule has 3 nitrogen and oxygen atoms in total. The van der Waals surface area contributed by atoms with Crippen molar-refractivity contribution < 1.29 is 22.7 Å². The molecule has 1 N–H and O–H groups in total. The van der Waals surface area contributed by atoms with Crippen LogP contribution in [0.2, 0.25) is 0 Å². The van der Waals surface area contributed by atoms with Crippen molar-refractivity contribution in [3.63, 3.8) is 0 Å². The van der Waals surface area contributed by atoms with Crippen molar-refractivity contribution in [2.24, 2.45) is 0 Å². The molecule has 2 rings (SSSR count). The third kappa shape index (κ3) is 4.28. The van der Waals surface area contributed by atoms with Crippen LogP contribution in [-0.4, -0.2) is 19.1 Å². The minimum Gasteiger partial charge on any atom is -0.492 e. The number of nitrogens with one attached hydrogen (secondary N) is 1. The van der Waals surface area contributed by atoms with Crippen molar-refractivity contribution in [3.8, 4) is 5.75 Å². The summed E-state index contributed by atoms with van der Waals surface area (Å²) in [6, 6.07) is 9.16. The lowest BCUT2D eigenvalue weighted by atomic mass is 10.0. The number of halogens is 3. The first-order chi connectivity index (χ1) is 11.4. The Balaban J connectivity index is 1.84. The second-order valence-corrected chi connectivity index (χ2v) is 5.55. The highest BCUT2D eigenvalue weighted by molar-refractivity contribution is 5.94. The summed E-state index contributed by atoms with van der Waals surface area (Å²) in [5.41, 5.74) is 0.639. The maximum Gasteiger partial charge on any atom is 0.254 e. The highest BCUT2D eigenvalue weighted by Crippen LogP contribution is 2.18. The molecule has 0 spiro atoms. The van der Waals surface area contributed by atoms with Gasteiger partial charge >= 0.3 is 0 Å². The molecule has 0 unspecified atom stereocenters. The molecule has 2 aromatic carbocycles. The fraction of sp³-hybridized carbons (Fsp3) is 0.278. The van der Waals surface area contributed by atoms with Gasteiger partial charge in [-0.3, -0.25) is 4.79 Å². The molecule has 0 aliphatic rings. The van der Waals surface area contributed by atoms with Gasteiger partial charge in [0.2, 0.25) is 0 Å². The number of rotatable bonds is 6. The summed E-state index contributed by atoms with van der Waals surface area (Å²) in [5.74, 6) is -4.26. The van der Waals surface area contributed by atoms with Crippen LogP contribution in [0.1, 0.15) is 35.7 Å². The van der Waals surface area contributed by atoms with Crippen molar-refractivity contribution in [2.45, 2.75) is 19.8 Å². The fourth-order valence-electron chi connectivity index (χ4n) is 2.08. The van der Waals surface area contributed by atoms with E-state index in [2.05, 4.69) is 19.2 Å². The van der Waals surface area contributed by atoms with Crippen LogP contribution in [0.25, 0.3) is 0 Å². The number of benzene rings is 2. The van der Waals surface area contributed by atoms with Crippen molar-refractivity contribution in [3.05, 3.63) is 65.0 Å². The van der Waals surface area contributed by atoms with E-state index in [0.29, 0.717) is 17.7 Å². The number of hydrogen-bond acceptors (Lipinski definition) is 2. The van der Waals surface area contributed by atoms with E-state index in [4.69, 9.17) is 4.74 Å². The van der Waals surface area contributed by atoms with Gasteiger partial charge in [-0.25, -0.2) is 13.2 Å². The standard InChI is InChI=1S/C18H18F3NO2/c1-11(2)12-3-5-13(6-4-12)24-10-9-22-18(23)14-7-8-15(19)17(21)16(14)20/h3-8,11H,9-10H2,1-2H3,(H,22,23). The molecule has 0 radical (unpaired) electrons. The Kier molecular flexibility index (Phi) is 5.84. The number of hydrogen-bond donors (Lipinski definition) is 1. The topological polar surface area (TPSA) is 38.3 Å². The van der Waals surface area contributed by atoms with Crippen LogP contribution >= 0.6 is 0 Å². The summed E-state index contributed by atoms with van der Waals surface area (Å²) in [5, 5.41) is 2.39. The highest BCUT2D eigenvalue weighted by Gasteiger charge is 2.18. The van der Waals surface area contributed by atoms with E-state index in [9.17, 15) is 18.0 Å². The first kappa shape index (κ1) is 17.8. The lowest BCUT2D eigenvalue weighted by Gasteiger charge is -2.10. The van der Waals surface area contributed by atoms with Crippen LogP contribution in [0.15, 0.2) is 36.4 Å². The first-order valence-corrected chi connectivity index (χ1v) is 7.54. The summed E-state index contributed by atoms with van der Waals surface area (Å²) in [7, 11) is 0. The zero-order valence-electron chi connectivity index (χ0n) is 13.4. The van der Waals surface area contributed by atoms with E-state index in [1.165, 1.54) is 5.56 Å². The zero-order chi connectivity index (χ0) is 17.7. The maximum atomic E-state index is 13.5. The molecule has 0 aliphatic heterocycles. The third-order valence-corrected chi connectivity index (χ3v) is 3.48. The smallest absolute Gasteiger partial charge is 0.254 e. The second-order valence-electron chi connectivity index (χ2n) is 5.55. The molecular formula is C18H18F3NO2. The fourth-order valence-corrected chi connectivity index (χ4v) is 2.08. The molecule has 24 heavy (non-hydrogen) atoms. The normalized spacial score (nSPS) is 10.8. The van der Waals surface area contributed by atoms with Crippen molar-refractivity contribution in [1.29, 1.82) is 0 Å². The summed E-state index contributed by atoms with van der Waals surface area (Å²) in [4.78, 5) is 11.8. The summed E-state index contributed by atoms with van der Waals surface area (Å²) in [6.45, 7) is 4.44. The molecule has 0 aliphatic carbocycles.